The molecule has 1 aromatic heterocycles. The molecule has 0 fully saturated rings. The van der Waals surface area contributed by atoms with Crippen molar-refractivity contribution in [2.45, 2.75) is 5.16 Å². The molecule has 2 aromatic rings. The summed E-state index contributed by atoms with van der Waals surface area (Å²) in [5, 5.41) is 10.7. The van der Waals surface area contributed by atoms with Crippen LogP contribution in [0.5, 0.6) is 0 Å². The fourth-order valence-electron chi connectivity index (χ4n) is 1.17. The van der Waals surface area contributed by atoms with Crippen LogP contribution in [-0.4, -0.2) is 32.8 Å². The molecule has 0 aliphatic rings. The highest BCUT2D eigenvalue weighted by Crippen LogP contribution is 2.23. The zero-order valence-electron chi connectivity index (χ0n) is 8.50. The Balaban J connectivity index is 2.18. The van der Waals surface area contributed by atoms with Crippen molar-refractivity contribution in [3.63, 3.8) is 0 Å². The molecular formula is C8H7BF3N4S-. The van der Waals surface area contributed by atoms with Gasteiger partial charge in [0.05, 0.1) is 5.69 Å². The van der Waals surface area contributed by atoms with Gasteiger partial charge in [0.2, 0.25) is 5.16 Å². The highest BCUT2D eigenvalue weighted by Gasteiger charge is 2.24. The monoisotopic (exact) mass is 259 g/mol. The lowest BCUT2D eigenvalue weighted by atomic mass is 9.98. The number of nitrogens with zero attached hydrogens (tertiary/aromatic N) is 4. The average molecular weight is 259 g/mol. The summed E-state index contributed by atoms with van der Waals surface area (Å²) in [4.78, 5) is 0. The number of rotatable bonds is 4. The Morgan fingerprint density at radius 2 is 1.88 bits per heavy atom. The maximum absolute atomic E-state index is 12.1. The summed E-state index contributed by atoms with van der Waals surface area (Å²) in [5.74, 6) is 0. The van der Waals surface area contributed by atoms with Gasteiger partial charge in [0.1, 0.15) is 0 Å². The van der Waals surface area contributed by atoms with Crippen LogP contribution in [0.1, 0.15) is 0 Å². The van der Waals surface area contributed by atoms with Crippen LogP contribution in [0.2, 0.25) is 0 Å². The summed E-state index contributed by atoms with van der Waals surface area (Å²) < 4.78 is 37.7. The van der Waals surface area contributed by atoms with Crippen molar-refractivity contribution in [3.8, 4) is 5.69 Å². The number of benzene rings is 1. The first-order valence-corrected chi connectivity index (χ1v) is 5.72. The fourth-order valence-corrected chi connectivity index (χ4v) is 1.87. The van der Waals surface area contributed by atoms with Crippen LogP contribution in [0.25, 0.3) is 5.69 Å². The molecule has 0 saturated carbocycles. The summed E-state index contributed by atoms with van der Waals surface area (Å²) in [6.07, 6.45) is 0. The van der Waals surface area contributed by atoms with E-state index >= 15 is 0 Å². The van der Waals surface area contributed by atoms with E-state index in [-0.39, 0.29) is 5.16 Å². The van der Waals surface area contributed by atoms with E-state index in [0.717, 1.165) is 0 Å². The number of aromatic nitrogens is 4. The predicted molar refractivity (Wildman–Crippen MR) is 59.0 cm³/mol. The molecule has 1 aromatic carbocycles. The van der Waals surface area contributed by atoms with Crippen molar-refractivity contribution in [1.82, 2.24) is 20.2 Å². The largest absolute Gasteiger partial charge is 0.488 e. The number of thioether (sulfide) groups is 1. The van der Waals surface area contributed by atoms with Gasteiger partial charge in [-0.05, 0) is 28.2 Å². The van der Waals surface area contributed by atoms with Gasteiger partial charge in [-0.2, -0.15) is 4.68 Å². The maximum Gasteiger partial charge on any atom is 0.488 e. The molecular weight excluding hydrogens is 252 g/mol. The van der Waals surface area contributed by atoms with Gasteiger partial charge in [-0.1, -0.05) is 18.2 Å². The molecule has 0 radical (unpaired) electrons. The van der Waals surface area contributed by atoms with Gasteiger partial charge >= 0.3 is 6.98 Å². The summed E-state index contributed by atoms with van der Waals surface area (Å²) in [5.41, 5.74) is -0.317. The number of para-hydroxylation sites is 1. The van der Waals surface area contributed by atoms with Gasteiger partial charge in [0.15, 0.2) is 0 Å². The van der Waals surface area contributed by atoms with Crippen LogP contribution >= 0.6 is 11.8 Å². The first-order chi connectivity index (χ1) is 8.06. The zero-order valence-corrected chi connectivity index (χ0v) is 9.32. The normalized spacial score (nSPS) is 11.7. The minimum Gasteiger partial charge on any atom is -0.448 e. The lowest BCUT2D eigenvalue weighted by Crippen LogP contribution is -2.19. The molecule has 2 rings (SSSR count). The van der Waals surface area contributed by atoms with Gasteiger partial charge in [0.25, 0.3) is 0 Å². The molecule has 0 spiro atoms. The Kier molecular flexibility index (Phi) is 3.37. The average Bonchev–Trinajstić information content (AvgIpc) is 2.75. The minimum absolute atomic E-state index is 0.135. The first kappa shape index (κ1) is 12.0. The van der Waals surface area contributed by atoms with E-state index < -0.39 is 12.6 Å². The van der Waals surface area contributed by atoms with Gasteiger partial charge in [0, 0.05) is 0 Å². The number of hydrogen-bond donors (Lipinski definition) is 0. The van der Waals surface area contributed by atoms with Crippen LogP contribution in [0.4, 0.5) is 12.9 Å². The maximum atomic E-state index is 12.1. The lowest BCUT2D eigenvalue weighted by molar-refractivity contribution is 0.485. The van der Waals surface area contributed by atoms with Gasteiger partial charge in [-0.3, -0.25) is 0 Å². The fraction of sp³-hybridized carbons (Fsp3) is 0.125. The van der Waals surface area contributed by atoms with Crippen molar-refractivity contribution in [2.75, 3.05) is 5.65 Å². The second-order valence-electron chi connectivity index (χ2n) is 3.23. The molecule has 0 saturated heterocycles. The SMILES string of the molecule is F[B-](F)(F)CSc1nnnn1-c1ccccc1. The third-order valence-electron chi connectivity index (χ3n) is 1.84. The van der Waals surface area contributed by atoms with Gasteiger partial charge in [-0.25, -0.2) is 0 Å². The molecule has 9 heteroatoms. The molecule has 0 amide bonds. The van der Waals surface area contributed by atoms with E-state index in [2.05, 4.69) is 15.5 Å². The third kappa shape index (κ3) is 3.22. The molecule has 0 unspecified atom stereocenters. The summed E-state index contributed by atoms with van der Waals surface area (Å²) in [6, 6.07) is 8.77. The van der Waals surface area contributed by atoms with Crippen molar-refractivity contribution in [1.29, 1.82) is 0 Å². The Bertz CT molecular complexity index is 487. The molecule has 1 heterocycles. The second-order valence-corrected chi connectivity index (χ2v) is 4.22. The van der Waals surface area contributed by atoms with E-state index in [1.54, 1.807) is 30.3 Å². The van der Waals surface area contributed by atoms with E-state index in [1.807, 2.05) is 0 Å². The van der Waals surface area contributed by atoms with E-state index in [9.17, 15) is 12.9 Å². The van der Waals surface area contributed by atoms with Crippen LogP contribution in [-0.2, 0) is 0 Å². The Morgan fingerprint density at radius 3 is 2.53 bits per heavy atom. The van der Waals surface area contributed by atoms with E-state index in [4.69, 9.17) is 0 Å². The van der Waals surface area contributed by atoms with Crippen molar-refractivity contribution >= 4 is 18.7 Å². The molecule has 0 bridgehead atoms. The summed E-state index contributed by atoms with van der Waals surface area (Å²) in [7, 11) is 0. The minimum atomic E-state index is -4.84. The molecule has 0 N–H and O–H groups in total. The number of tetrazole rings is 1. The van der Waals surface area contributed by atoms with Gasteiger partial charge < -0.3 is 12.9 Å². The molecule has 0 atom stereocenters. The van der Waals surface area contributed by atoms with Crippen molar-refractivity contribution < 1.29 is 12.9 Å². The smallest absolute Gasteiger partial charge is 0.448 e. The van der Waals surface area contributed by atoms with Crippen LogP contribution in [0.3, 0.4) is 0 Å². The molecule has 90 valence electrons. The van der Waals surface area contributed by atoms with E-state index in [0.29, 0.717) is 17.4 Å². The summed E-state index contributed by atoms with van der Waals surface area (Å²) in [6.45, 7) is -4.84. The quantitative estimate of drug-likeness (QED) is 0.623. The van der Waals surface area contributed by atoms with Crippen LogP contribution in [0, 0.1) is 0 Å². The first-order valence-electron chi connectivity index (χ1n) is 4.74. The van der Waals surface area contributed by atoms with Crippen molar-refractivity contribution in [2.24, 2.45) is 0 Å². The molecule has 0 aliphatic carbocycles. The van der Waals surface area contributed by atoms with Gasteiger partial charge in [-0.15, -0.1) is 16.9 Å². The summed E-state index contributed by atoms with van der Waals surface area (Å²) >= 11 is 0.585. The predicted octanol–water partition coefficient (Wildman–Crippen LogP) is 2.14. The topological polar surface area (TPSA) is 43.6 Å². The third-order valence-corrected chi connectivity index (χ3v) is 2.90. The standard InChI is InChI=1S/C8H7BF3N4S/c10-9(11,12)6-17-8-13-14-15-16(8)7-4-2-1-3-5-7/h1-5H,6H2/q-1. The highest BCUT2D eigenvalue weighted by molar-refractivity contribution is 8.00. The number of hydrogen-bond acceptors (Lipinski definition) is 4. The van der Waals surface area contributed by atoms with E-state index in [1.165, 1.54) is 4.68 Å². The van der Waals surface area contributed by atoms with Crippen molar-refractivity contribution in [3.05, 3.63) is 30.3 Å². The van der Waals surface area contributed by atoms with Crippen LogP contribution in [0.15, 0.2) is 35.5 Å². The highest BCUT2D eigenvalue weighted by atomic mass is 32.2. The van der Waals surface area contributed by atoms with Crippen LogP contribution < -0.4 is 0 Å². The lowest BCUT2D eigenvalue weighted by Gasteiger charge is -2.11. The Labute approximate surface area is 99.3 Å². The Hall–Kier alpha value is -1.51. The Morgan fingerprint density at radius 1 is 1.18 bits per heavy atom. The zero-order chi connectivity index (χ0) is 12.3. The molecule has 0 aliphatic heterocycles. The molecule has 4 nitrogen and oxygen atoms in total. The number of halogens is 3. The molecule has 17 heavy (non-hydrogen) atoms. The second kappa shape index (κ2) is 4.78.